The molecule has 1 heteroatoms. The Morgan fingerprint density at radius 2 is 2.00 bits per heavy atom. The zero-order chi connectivity index (χ0) is 12.1. The van der Waals surface area contributed by atoms with Crippen LogP contribution in [0.15, 0.2) is 65.8 Å². The molecule has 0 bridgehead atoms. The first kappa shape index (κ1) is 11.9. The van der Waals surface area contributed by atoms with Crippen LogP contribution < -0.4 is 0 Å². The lowest BCUT2D eigenvalue weighted by Gasteiger charge is -2.12. The summed E-state index contributed by atoms with van der Waals surface area (Å²) in [5.41, 5.74) is 3.12. The Kier molecular flexibility index (Phi) is 3.94. The number of hydrogen-bond donors (Lipinski definition) is 1. The van der Waals surface area contributed by atoms with Crippen molar-refractivity contribution in [1.82, 2.24) is 0 Å². The summed E-state index contributed by atoms with van der Waals surface area (Å²) < 4.78 is 0. The molecule has 0 saturated carbocycles. The molecule has 0 fully saturated rings. The molecule has 1 aliphatic rings. The maximum Gasteiger partial charge on any atom is 0.100 e. The van der Waals surface area contributed by atoms with E-state index in [9.17, 15) is 5.11 Å². The van der Waals surface area contributed by atoms with Crippen molar-refractivity contribution < 1.29 is 5.11 Å². The van der Waals surface area contributed by atoms with E-state index in [0.29, 0.717) is 0 Å². The van der Waals surface area contributed by atoms with Crippen molar-refractivity contribution in [2.75, 3.05) is 0 Å². The van der Waals surface area contributed by atoms with Gasteiger partial charge in [-0.3, -0.25) is 0 Å². The smallest absolute Gasteiger partial charge is 0.100 e. The molecule has 88 valence electrons. The highest BCUT2D eigenvalue weighted by molar-refractivity contribution is 5.37. The summed E-state index contributed by atoms with van der Waals surface area (Å²) in [4.78, 5) is 0. The molecular formula is C16H18O. The van der Waals surface area contributed by atoms with Gasteiger partial charge in [0.15, 0.2) is 0 Å². The van der Waals surface area contributed by atoms with Crippen LogP contribution in [0, 0.1) is 0 Å². The number of hydrogen-bond acceptors (Lipinski definition) is 1. The summed E-state index contributed by atoms with van der Waals surface area (Å²) in [5.74, 6) is 0. The van der Waals surface area contributed by atoms with E-state index in [4.69, 9.17) is 0 Å². The van der Waals surface area contributed by atoms with Crippen LogP contribution in [0.4, 0.5) is 0 Å². The molecule has 1 unspecified atom stereocenters. The van der Waals surface area contributed by atoms with Crippen molar-refractivity contribution in [3.63, 3.8) is 0 Å². The van der Waals surface area contributed by atoms with E-state index in [1.807, 2.05) is 37.3 Å². The van der Waals surface area contributed by atoms with E-state index < -0.39 is 6.10 Å². The first-order chi connectivity index (χ1) is 8.27. The minimum absolute atomic E-state index is 0.507. The highest BCUT2D eigenvalue weighted by Crippen LogP contribution is 2.23. The van der Waals surface area contributed by atoms with E-state index >= 15 is 0 Å². The number of allylic oxidation sites excluding steroid dienone is 5. The van der Waals surface area contributed by atoms with Crippen LogP contribution in [0.2, 0.25) is 0 Å². The van der Waals surface area contributed by atoms with Crippen LogP contribution in [0.5, 0.6) is 0 Å². The molecule has 1 aromatic carbocycles. The predicted octanol–water partition coefficient (Wildman–Crippen LogP) is 3.94. The Labute approximate surface area is 103 Å². The normalized spacial score (nSPS) is 17.8. The van der Waals surface area contributed by atoms with Crippen LogP contribution >= 0.6 is 0 Å². The van der Waals surface area contributed by atoms with Crippen LogP contribution in [-0.2, 0) is 0 Å². The molecule has 0 saturated heterocycles. The van der Waals surface area contributed by atoms with Gasteiger partial charge in [0, 0.05) is 0 Å². The first-order valence-corrected chi connectivity index (χ1v) is 6.05. The summed E-state index contributed by atoms with van der Waals surface area (Å²) in [5, 5.41) is 10.2. The minimum Gasteiger partial charge on any atom is -0.384 e. The van der Waals surface area contributed by atoms with Crippen LogP contribution in [0.1, 0.15) is 31.4 Å². The Morgan fingerprint density at radius 3 is 2.65 bits per heavy atom. The zero-order valence-corrected chi connectivity index (χ0v) is 10.1. The van der Waals surface area contributed by atoms with Crippen LogP contribution in [0.25, 0.3) is 0 Å². The topological polar surface area (TPSA) is 20.2 Å². The maximum atomic E-state index is 10.2. The molecule has 0 spiro atoms. The Balaban J connectivity index is 2.14. The van der Waals surface area contributed by atoms with Gasteiger partial charge in [-0.25, -0.2) is 0 Å². The summed E-state index contributed by atoms with van der Waals surface area (Å²) in [6.45, 7) is 1.97. The zero-order valence-electron chi connectivity index (χ0n) is 10.1. The summed E-state index contributed by atoms with van der Waals surface area (Å²) in [6, 6.07) is 9.76. The molecule has 1 aromatic rings. The second kappa shape index (κ2) is 5.65. The molecule has 2 rings (SSSR count). The van der Waals surface area contributed by atoms with E-state index in [1.54, 1.807) is 0 Å². The van der Waals surface area contributed by atoms with Gasteiger partial charge < -0.3 is 5.11 Å². The summed E-state index contributed by atoms with van der Waals surface area (Å²) in [7, 11) is 0. The van der Waals surface area contributed by atoms with E-state index in [-0.39, 0.29) is 0 Å². The SMILES string of the molecule is C/C(=C\C1=CCCC=C1)C(O)c1ccccc1. The van der Waals surface area contributed by atoms with Crippen molar-refractivity contribution in [3.8, 4) is 0 Å². The molecule has 1 aliphatic carbocycles. The minimum atomic E-state index is -0.507. The van der Waals surface area contributed by atoms with Gasteiger partial charge in [-0.1, -0.05) is 54.6 Å². The van der Waals surface area contributed by atoms with Crippen molar-refractivity contribution in [2.45, 2.75) is 25.9 Å². The molecule has 0 heterocycles. The molecular weight excluding hydrogens is 208 g/mol. The number of aliphatic hydroxyl groups is 1. The van der Waals surface area contributed by atoms with Gasteiger partial charge in [-0.2, -0.15) is 0 Å². The van der Waals surface area contributed by atoms with Gasteiger partial charge in [0.1, 0.15) is 6.10 Å². The van der Waals surface area contributed by atoms with Crippen LogP contribution in [-0.4, -0.2) is 5.11 Å². The number of benzene rings is 1. The van der Waals surface area contributed by atoms with E-state index in [0.717, 1.165) is 24.0 Å². The lowest BCUT2D eigenvalue weighted by molar-refractivity contribution is 0.215. The summed E-state index contributed by atoms with van der Waals surface area (Å²) in [6.07, 6.45) is 10.3. The molecule has 17 heavy (non-hydrogen) atoms. The largest absolute Gasteiger partial charge is 0.384 e. The van der Waals surface area contributed by atoms with Gasteiger partial charge in [0.2, 0.25) is 0 Å². The third-order valence-corrected chi connectivity index (χ3v) is 2.96. The highest BCUT2D eigenvalue weighted by atomic mass is 16.3. The molecule has 0 radical (unpaired) electrons. The lowest BCUT2D eigenvalue weighted by Crippen LogP contribution is -1.99. The van der Waals surface area contributed by atoms with E-state index in [2.05, 4.69) is 24.3 Å². The second-order valence-electron chi connectivity index (χ2n) is 4.39. The average Bonchev–Trinajstić information content (AvgIpc) is 2.40. The van der Waals surface area contributed by atoms with Gasteiger partial charge in [0.25, 0.3) is 0 Å². The highest BCUT2D eigenvalue weighted by Gasteiger charge is 2.09. The third-order valence-electron chi connectivity index (χ3n) is 2.96. The van der Waals surface area contributed by atoms with Crippen molar-refractivity contribution in [1.29, 1.82) is 0 Å². The fraction of sp³-hybridized carbons (Fsp3) is 0.250. The monoisotopic (exact) mass is 226 g/mol. The molecule has 1 N–H and O–H groups in total. The van der Waals surface area contributed by atoms with Crippen molar-refractivity contribution >= 4 is 0 Å². The Bertz CT molecular complexity index is 452. The van der Waals surface area contributed by atoms with E-state index in [1.165, 1.54) is 5.57 Å². The van der Waals surface area contributed by atoms with Crippen LogP contribution in [0.3, 0.4) is 0 Å². The standard InChI is InChI=1S/C16H18O/c1-13(12-14-8-4-2-5-9-14)16(17)15-10-6-3-7-11-15/h3-4,6-12,16-17H,2,5H2,1H3/b13-12+. The maximum absolute atomic E-state index is 10.2. The fourth-order valence-electron chi connectivity index (χ4n) is 1.98. The fourth-order valence-corrected chi connectivity index (χ4v) is 1.98. The van der Waals surface area contributed by atoms with Gasteiger partial charge in [0.05, 0.1) is 0 Å². The van der Waals surface area contributed by atoms with Gasteiger partial charge >= 0.3 is 0 Å². The molecule has 0 aliphatic heterocycles. The van der Waals surface area contributed by atoms with Gasteiger partial charge in [-0.05, 0) is 36.5 Å². The quantitative estimate of drug-likeness (QED) is 0.827. The number of rotatable bonds is 3. The third kappa shape index (κ3) is 3.18. The second-order valence-corrected chi connectivity index (χ2v) is 4.39. The van der Waals surface area contributed by atoms with Gasteiger partial charge in [-0.15, -0.1) is 0 Å². The molecule has 1 atom stereocenters. The molecule has 0 aromatic heterocycles. The first-order valence-electron chi connectivity index (χ1n) is 6.05. The van der Waals surface area contributed by atoms with Crippen molar-refractivity contribution in [2.24, 2.45) is 0 Å². The number of aliphatic hydroxyl groups excluding tert-OH is 1. The lowest BCUT2D eigenvalue weighted by atomic mass is 9.99. The predicted molar refractivity (Wildman–Crippen MR) is 71.6 cm³/mol. The molecule has 1 nitrogen and oxygen atoms in total. The molecule has 0 amide bonds. The van der Waals surface area contributed by atoms with Crippen molar-refractivity contribution in [3.05, 3.63) is 71.3 Å². The average molecular weight is 226 g/mol. The summed E-state index contributed by atoms with van der Waals surface area (Å²) >= 11 is 0. The Morgan fingerprint density at radius 1 is 1.24 bits per heavy atom. The Hall–Kier alpha value is -1.60.